The number of rotatable bonds is 4. The second-order valence-electron chi connectivity index (χ2n) is 6.48. The second-order valence-corrected chi connectivity index (χ2v) is 9.55. The lowest BCUT2D eigenvalue weighted by molar-refractivity contribution is -0.126. The lowest BCUT2D eigenvalue weighted by Crippen LogP contribution is -2.47. The molecule has 0 spiro atoms. The molecule has 132 valence electrons. The van der Waals surface area contributed by atoms with Crippen LogP contribution in [0.1, 0.15) is 30.6 Å². The van der Waals surface area contributed by atoms with Crippen LogP contribution in [-0.4, -0.2) is 54.5 Å². The first-order valence-electron chi connectivity index (χ1n) is 8.69. The number of carbonyl (C=O) groups excluding carboxylic acids is 2. The Morgan fingerprint density at radius 2 is 1.79 bits per heavy atom. The summed E-state index contributed by atoms with van der Waals surface area (Å²) >= 11 is 4.09. The van der Waals surface area contributed by atoms with Crippen molar-refractivity contribution < 1.29 is 9.59 Å². The van der Waals surface area contributed by atoms with E-state index in [0.29, 0.717) is 19.6 Å². The van der Waals surface area contributed by atoms with Gasteiger partial charge >= 0.3 is 6.03 Å². The predicted molar refractivity (Wildman–Crippen MR) is 104 cm³/mol. The Labute approximate surface area is 160 Å². The molecule has 0 saturated carbocycles. The van der Waals surface area contributed by atoms with E-state index in [9.17, 15) is 9.59 Å². The number of hydrogen-bond donors (Lipinski definition) is 1. The topological polar surface area (TPSA) is 52.7 Å². The van der Waals surface area contributed by atoms with Crippen molar-refractivity contribution in [3.05, 3.63) is 19.9 Å². The van der Waals surface area contributed by atoms with Gasteiger partial charge in [-0.25, -0.2) is 4.79 Å². The van der Waals surface area contributed by atoms with E-state index in [1.165, 1.54) is 7.76 Å². The first-order valence-corrected chi connectivity index (χ1v) is 10.6. The Morgan fingerprint density at radius 3 is 2.42 bits per heavy atom. The van der Waals surface area contributed by atoms with Crippen LogP contribution in [0, 0.1) is 8.80 Å². The average molecular weight is 461 g/mol. The number of urea groups is 1. The molecule has 0 radical (unpaired) electrons. The molecule has 3 heterocycles. The van der Waals surface area contributed by atoms with Gasteiger partial charge in [-0.1, -0.05) is 0 Å². The van der Waals surface area contributed by atoms with Gasteiger partial charge in [-0.3, -0.25) is 4.79 Å². The molecule has 24 heavy (non-hydrogen) atoms. The van der Waals surface area contributed by atoms with Crippen molar-refractivity contribution in [2.45, 2.75) is 32.1 Å². The van der Waals surface area contributed by atoms with Gasteiger partial charge in [0, 0.05) is 43.5 Å². The Bertz CT molecular complexity index is 578. The van der Waals surface area contributed by atoms with E-state index in [4.69, 9.17) is 0 Å². The summed E-state index contributed by atoms with van der Waals surface area (Å²) in [6, 6.07) is 4.40. The van der Waals surface area contributed by atoms with Crippen molar-refractivity contribution in [1.82, 2.24) is 15.1 Å². The van der Waals surface area contributed by atoms with Crippen LogP contribution in [-0.2, 0) is 11.2 Å². The van der Waals surface area contributed by atoms with Gasteiger partial charge in [-0.2, -0.15) is 0 Å². The Hall–Kier alpha value is -0.830. The molecule has 2 saturated heterocycles. The predicted octanol–water partition coefficient (Wildman–Crippen LogP) is 2.94. The summed E-state index contributed by atoms with van der Waals surface area (Å²) in [4.78, 5) is 29.8. The lowest BCUT2D eigenvalue weighted by atomic mass is 9.96. The standard InChI is InChI=1S/C17H24IN3O2S/c18-15-4-3-14(24-15)5-8-19-16(22)13-6-11-21(12-7-13)17(23)20-9-1-2-10-20/h3-4,13H,1-2,5-12H2,(H,19,22). The molecule has 1 aromatic heterocycles. The summed E-state index contributed by atoms with van der Waals surface area (Å²) in [7, 11) is 0. The molecule has 0 unspecified atom stereocenters. The van der Waals surface area contributed by atoms with Crippen LogP contribution in [0.25, 0.3) is 0 Å². The third kappa shape index (κ3) is 4.62. The van der Waals surface area contributed by atoms with Crippen molar-refractivity contribution in [3.63, 3.8) is 0 Å². The van der Waals surface area contributed by atoms with Crippen LogP contribution in [0.15, 0.2) is 12.1 Å². The van der Waals surface area contributed by atoms with Crippen LogP contribution in [0.5, 0.6) is 0 Å². The van der Waals surface area contributed by atoms with E-state index in [1.807, 2.05) is 9.80 Å². The van der Waals surface area contributed by atoms with Crippen LogP contribution in [0.3, 0.4) is 0 Å². The molecule has 3 rings (SSSR count). The number of nitrogens with zero attached hydrogens (tertiary/aromatic N) is 2. The van der Waals surface area contributed by atoms with Gasteiger partial charge in [0.1, 0.15) is 0 Å². The van der Waals surface area contributed by atoms with Crippen molar-refractivity contribution in [2.75, 3.05) is 32.7 Å². The monoisotopic (exact) mass is 461 g/mol. The Kier molecular flexibility index (Phi) is 6.37. The number of amides is 3. The molecule has 1 aromatic rings. The second kappa shape index (κ2) is 8.51. The minimum absolute atomic E-state index is 0.0519. The quantitative estimate of drug-likeness (QED) is 0.702. The molecule has 5 nitrogen and oxygen atoms in total. The average Bonchev–Trinajstić information content (AvgIpc) is 3.26. The van der Waals surface area contributed by atoms with Gasteiger partial charge in [0.25, 0.3) is 0 Å². The first kappa shape index (κ1) is 18.0. The fourth-order valence-corrected chi connectivity index (χ4v) is 5.14. The molecule has 0 bridgehead atoms. The fraction of sp³-hybridized carbons (Fsp3) is 0.647. The van der Waals surface area contributed by atoms with Gasteiger partial charge in [-0.05, 0) is 66.8 Å². The third-order valence-electron chi connectivity index (χ3n) is 4.81. The zero-order valence-electron chi connectivity index (χ0n) is 13.8. The van der Waals surface area contributed by atoms with E-state index in [2.05, 4.69) is 40.0 Å². The number of nitrogens with one attached hydrogen (secondary N) is 1. The normalized spacial score (nSPS) is 18.9. The van der Waals surface area contributed by atoms with Crippen LogP contribution in [0.2, 0.25) is 0 Å². The maximum Gasteiger partial charge on any atom is 0.319 e. The first-order chi connectivity index (χ1) is 11.6. The summed E-state index contributed by atoms with van der Waals surface area (Å²) in [5, 5.41) is 3.06. The molecule has 2 aliphatic heterocycles. The number of hydrogen-bond acceptors (Lipinski definition) is 3. The van der Waals surface area contributed by atoms with Crippen molar-refractivity contribution in [2.24, 2.45) is 5.92 Å². The van der Waals surface area contributed by atoms with E-state index in [0.717, 1.165) is 45.2 Å². The van der Waals surface area contributed by atoms with E-state index in [1.54, 1.807) is 11.3 Å². The van der Waals surface area contributed by atoms with Gasteiger partial charge in [-0.15, -0.1) is 11.3 Å². The number of thiophene rings is 1. The zero-order valence-corrected chi connectivity index (χ0v) is 16.8. The summed E-state index contributed by atoms with van der Waals surface area (Å²) in [5.41, 5.74) is 0. The number of halogens is 1. The number of carbonyl (C=O) groups is 2. The molecular formula is C17H24IN3O2S. The summed E-state index contributed by atoms with van der Waals surface area (Å²) in [6.45, 7) is 3.89. The van der Waals surface area contributed by atoms with Gasteiger partial charge in [0.2, 0.25) is 5.91 Å². The van der Waals surface area contributed by atoms with E-state index in [-0.39, 0.29) is 17.9 Å². The molecule has 2 aliphatic rings. The zero-order chi connectivity index (χ0) is 16.9. The molecule has 0 aromatic carbocycles. The summed E-state index contributed by atoms with van der Waals surface area (Å²) < 4.78 is 1.28. The van der Waals surface area contributed by atoms with Gasteiger partial charge < -0.3 is 15.1 Å². The van der Waals surface area contributed by atoms with E-state index >= 15 is 0 Å². The van der Waals surface area contributed by atoms with Crippen LogP contribution < -0.4 is 5.32 Å². The molecule has 3 amide bonds. The van der Waals surface area contributed by atoms with E-state index < -0.39 is 0 Å². The lowest BCUT2D eigenvalue weighted by Gasteiger charge is -2.34. The SMILES string of the molecule is O=C(NCCc1ccc(I)s1)C1CCN(C(=O)N2CCCC2)CC1. The molecule has 7 heteroatoms. The smallest absolute Gasteiger partial charge is 0.319 e. The molecule has 0 aliphatic carbocycles. The highest BCUT2D eigenvalue weighted by Gasteiger charge is 2.30. The van der Waals surface area contributed by atoms with Crippen molar-refractivity contribution in [3.8, 4) is 0 Å². The van der Waals surface area contributed by atoms with Crippen LogP contribution >= 0.6 is 33.9 Å². The third-order valence-corrected chi connectivity index (χ3v) is 6.77. The fourth-order valence-electron chi connectivity index (χ4n) is 3.38. The molecule has 0 atom stereocenters. The molecule has 1 N–H and O–H groups in total. The van der Waals surface area contributed by atoms with Crippen molar-refractivity contribution in [1.29, 1.82) is 0 Å². The Balaban J connectivity index is 1.37. The highest BCUT2D eigenvalue weighted by Crippen LogP contribution is 2.21. The largest absolute Gasteiger partial charge is 0.355 e. The van der Waals surface area contributed by atoms with Gasteiger partial charge in [0.05, 0.1) is 2.88 Å². The highest BCUT2D eigenvalue weighted by atomic mass is 127. The Morgan fingerprint density at radius 1 is 1.12 bits per heavy atom. The number of piperidine rings is 1. The summed E-state index contributed by atoms with van der Waals surface area (Å²) in [6.07, 6.45) is 4.69. The minimum atomic E-state index is 0.0519. The maximum atomic E-state index is 12.4. The maximum absolute atomic E-state index is 12.4. The minimum Gasteiger partial charge on any atom is -0.355 e. The highest BCUT2D eigenvalue weighted by molar-refractivity contribution is 14.1. The molecule has 2 fully saturated rings. The summed E-state index contributed by atoms with van der Waals surface area (Å²) in [5.74, 6) is 0.200. The van der Waals surface area contributed by atoms with Gasteiger partial charge in [0.15, 0.2) is 0 Å². The van der Waals surface area contributed by atoms with Crippen molar-refractivity contribution >= 4 is 45.9 Å². The van der Waals surface area contributed by atoms with Crippen LogP contribution in [0.4, 0.5) is 4.79 Å². The number of likely N-dealkylation sites (tertiary alicyclic amines) is 2. The molecular weight excluding hydrogens is 437 g/mol.